The second-order valence-electron chi connectivity index (χ2n) is 2.82. The number of rotatable bonds is 7. The second kappa shape index (κ2) is 9.53. The van der Waals surface area contributed by atoms with Crippen LogP contribution in [-0.4, -0.2) is 38.0 Å². The van der Waals surface area contributed by atoms with E-state index < -0.39 is 0 Å². The van der Waals surface area contributed by atoms with E-state index in [0.29, 0.717) is 6.61 Å². The molecule has 0 aromatic heterocycles. The molecule has 3 nitrogen and oxygen atoms in total. The topological polar surface area (TPSA) is 41.5 Å². The van der Waals surface area contributed by atoms with Crippen LogP contribution in [0.15, 0.2) is 0 Å². The van der Waals surface area contributed by atoms with Crippen LogP contribution in [-0.2, 0) is 4.74 Å². The minimum Gasteiger partial charge on any atom is -0.391 e. The van der Waals surface area contributed by atoms with E-state index in [4.69, 9.17) is 4.74 Å². The van der Waals surface area contributed by atoms with Crippen LogP contribution in [0, 0.1) is 11.8 Å². The molecule has 2 N–H and O–H groups in total. The van der Waals surface area contributed by atoms with Crippen molar-refractivity contribution in [2.24, 2.45) is 0 Å². The Balaban J connectivity index is 3.09. The first-order chi connectivity index (χ1) is 6.31. The molecule has 0 radical (unpaired) electrons. The molecule has 1 unspecified atom stereocenters. The molecule has 0 spiro atoms. The van der Waals surface area contributed by atoms with Crippen LogP contribution >= 0.6 is 0 Å². The van der Waals surface area contributed by atoms with Gasteiger partial charge >= 0.3 is 0 Å². The van der Waals surface area contributed by atoms with Gasteiger partial charge in [0.25, 0.3) is 0 Å². The smallest absolute Gasteiger partial charge is 0.0785 e. The van der Waals surface area contributed by atoms with E-state index in [2.05, 4.69) is 17.2 Å². The van der Waals surface area contributed by atoms with E-state index in [-0.39, 0.29) is 6.10 Å². The van der Waals surface area contributed by atoms with E-state index >= 15 is 0 Å². The minimum absolute atomic E-state index is 0.352. The summed E-state index contributed by atoms with van der Waals surface area (Å²) in [6.07, 6.45) is 1.25. The molecule has 3 heteroatoms. The van der Waals surface area contributed by atoms with Crippen molar-refractivity contribution in [2.75, 3.05) is 26.8 Å². The molecule has 0 saturated carbocycles. The standard InChI is InChI=1S/C10H19NO2/c1-3-4-5-7-11-8-6-10(12)9-13-2/h10-12H,5-9H2,1-2H3. The molecule has 76 valence electrons. The molecule has 13 heavy (non-hydrogen) atoms. The summed E-state index contributed by atoms with van der Waals surface area (Å²) < 4.78 is 4.80. The summed E-state index contributed by atoms with van der Waals surface area (Å²) in [7, 11) is 1.59. The van der Waals surface area contributed by atoms with Crippen molar-refractivity contribution in [1.29, 1.82) is 0 Å². The third kappa shape index (κ3) is 9.35. The maximum Gasteiger partial charge on any atom is 0.0785 e. The minimum atomic E-state index is -0.352. The fraction of sp³-hybridized carbons (Fsp3) is 0.800. The fourth-order valence-corrected chi connectivity index (χ4v) is 0.945. The number of aliphatic hydroxyl groups excluding tert-OH is 1. The van der Waals surface area contributed by atoms with E-state index in [1.165, 1.54) is 0 Å². The lowest BCUT2D eigenvalue weighted by Gasteiger charge is -2.08. The van der Waals surface area contributed by atoms with E-state index in [1.54, 1.807) is 7.11 Å². The number of methoxy groups -OCH3 is 1. The van der Waals surface area contributed by atoms with Crippen molar-refractivity contribution in [1.82, 2.24) is 5.32 Å². The van der Waals surface area contributed by atoms with Gasteiger partial charge in [0.05, 0.1) is 12.7 Å². The molecular weight excluding hydrogens is 166 g/mol. The van der Waals surface area contributed by atoms with Gasteiger partial charge in [0, 0.05) is 20.1 Å². The Kier molecular flexibility index (Phi) is 9.12. The quantitative estimate of drug-likeness (QED) is 0.445. The maximum atomic E-state index is 9.26. The summed E-state index contributed by atoms with van der Waals surface area (Å²) in [5, 5.41) is 12.5. The molecule has 1 atom stereocenters. The van der Waals surface area contributed by atoms with Crippen LogP contribution in [0.3, 0.4) is 0 Å². The van der Waals surface area contributed by atoms with Crippen LogP contribution in [0.5, 0.6) is 0 Å². The lowest BCUT2D eigenvalue weighted by molar-refractivity contribution is 0.0595. The highest BCUT2D eigenvalue weighted by molar-refractivity contribution is 4.95. The molecular formula is C10H19NO2. The summed E-state index contributed by atoms with van der Waals surface area (Å²) in [5.41, 5.74) is 0. The summed E-state index contributed by atoms with van der Waals surface area (Å²) in [4.78, 5) is 0. The Labute approximate surface area is 80.5 Å². The average Bonchev–Trinajstić information content (AvgIpc) is 2.11. The monoisotopic (exact) mass is 185 g/mol. The zero-order chi connectivity index (χ0) is 9.94. The van der Waals surface area contributed by atoms with Crippen LogP contribution in [0.4, 0.5) is 0 Å². The first-order valence-corrected chi connectivity index (χ1v) is 4.58. The number of nitrogens with one attached hydrogen (secondary N) is 1. The highest BCUT2D eigenvalue weighted by Crippen LogP contribution is 1.89. The van der Waals surface area contributed by atoms with Crippen LogP contribution in [0.2, 0.25) is 0 Å². The molecule has 0 aliphatic carbocycles. The Morgan fingerprint density at radius 2 is 2.23 bits per heavy atom. The van der Waals surface area contributed by atoms with E-state index in [9.17, 15) is 5.11 Å². The third-order valence-electron chi connectivity index (χ3n) is 1.62. The Bertz CT molecular complexity index is 160. The maximum absolute atomic E-state index is 9.26. The van der Waals surface area contributed by atoms with Gasteiger partial charge in [-0.05, 0) is 19.9 Å². The lowest BCUT2D eigenvalue weighted by Crippen LogP contribution is -2.23. The molecule has 0 aromatic rings. The SMILES string of the molecule is CC#CCCNCCC(O)COC. The molecule has 0 amide bonds. The first-order valence-electron chi connectivity index (χ1n) is 4.58. The van der Waals surface area contributed by atoms with Gasteiger partial charge in [-0.3, -0.25) is 0 Å². The van der Waals surface area contributed by atoms with Gasteiger partial charge in [-0.1, -0.05) is 0 Å². The Hall–Kier alpha value is -0.560. The van der Waals surface area contributed by atoms with Gasteiger partial charge < -0.3 is 15.2 Å². The van der Waals surface area contributed by atoms with Crippen molar-refractivity contribution < 1.29 is 9.84 Å². The predicted molar refractivity (Wildman–Crippen MR) is 53.4 cm³/mol. The summed E-state index contributed by atoms with van der Waals surface area (Å²) in [6, 6.07) is 0. The molecule has 0 aliphatic heterocycles. The number of hydrogen-bond acceptors (Lipinski definition) is 3. The summed E-state index contributed by atoms with van der Waals surface area (Å²) >= 11 is 0. The van der Waals surface area contributed by atoms with Crippen LogP contribution < -0.4 is 5.32 Å². The Morgan fingerprint density at radius 3 is 2.85 bits per heavy atom. The van der Waals surface area contributed by atoms with Crippen LogP contribution in [0.1, 0.15) is 19.8 Å². The summed E-state index contributed by atoms with van der Waals surface area (Å²) in [5.74, 6) is 5.79. The van der Waals surface area contributed by atoms with Crippen molar-refractivity contribution in [2.45, 2.75) is 25.9 Å². The van der Waals surface area contributed by atoms with Gasteiger partial charge in [-0.2, -0.15) is 0 Å². The first kappa shape index (κ1) is 12.4. The predicted octanol–water partition coefficient (Wildman–Crippen LogP) is 0.387. The third-order valence-corrected chi connectivity index (χ3v) is 1.62. The van der Waals surface area contributed by atoms with E-state index in [0.717, 1.165) is 25.9 Å². The normalized spacial score (nSPS) is 11.9. The van der Waals surface area contributed by atoms with Crippen molar-refractivity contribution in [3.8, 4) is 11.8 Å². The second-order valence-corrected chi connectivity index (χ2v) is 2.82. The number of hydrogen-bond donors (Lipinski definition) is 2. The fourth-order valence-electron chi connectivity index (χ4n) is 0.945. The molecule has 0 aromatic carbocycles. The van der Waals surface area contributed by atoms with Gasteiger partial charge in [-0.25, -0.2) is 0 Å². The molecule has 0 saturated heterocycles. The zero-order valence-corrected chi connectivity index (χ0v) is 8.47. The molecule has 0 heterocycles. The summed E-state index contributed by atoms with van der Waals surface area (Å²) in [6.45, 7) is 3.95. The van der Waals surface area contributed by atoms with Gasteiger partial charge in [0.2, 0.25) is 0 Å². The molecule has 0 fully saturated rings. The van der Waals surface area contributed by atoms with E-state index in [1.807, 2.05) is 6.92 Å². The average molecular weight is 185 g/mol. The molecule has 0 aliphatic rings. The van der Waals surface area contributed by atoms with Crippen molar-refractivity contribution in [3.63, 3.8) is 0 Å². The lowest BCUT2D eigenvalue weighted by atomic mass is 10.2. The zero-order valence-electron chi connectivity index (χ0n) is 8.47. The number of ether oxygens (including phenoxy) is 1. The highest BCUT2D eigenvalue weighted by atomic mass is 16.5. The Morgan fingerprint density at radius 1 is 1.46 bits per heavy atom. The number of aliphatic hydroxyl groups is 1. The molecule has 0 bridgehead atoms. The van der Waals surface area contributed by atoms with Crippen molar-refractivity contribution >= 4 is 0 Å². The van der Waals surface area contributed by atoms with Crippen molar-refractivity contribution in [3.05, 3.63) is 0 Å². The molecule has 0 rings (SSSR count). The largest absolute Gasteiger partial charge is 0.391 e. The van der Waals surface area contributed by atoms with Gasteiger partial charge in [0.1, 0.15) is 0 Å². The van der Waals surface area contributed by atoms with Gasteiger partial charge in [-0.15, -0.1) is 11.8 Å². The van der Waals surface area contributed by atoms with Crippen LogP contribution in [0.25, 0.3) is 0 Å². The van der Waals surface area contributed by atoms with Gasteiger partial charge in [0.15, 0.2) is 0 Å². The highest BCUT2D eigenvalue weighted by Gasteiger charge is 2.00.